The Morgan fingerprint density at radius 2 is 2.31 bits per heavy atom. The van der Waals surface area contributed by atoms with E-state index in [0.29, 0.717) is 5.65 Å². The average Bonchev–Trinajstić information content (AvgIpc) is 2.51. The molecule has 0 bridgehead atoms. The van der Waals surface area contributed by atoms with Crippen molar-refractivity contribution in [3.63, 3.8) is 0 Å². The van der Waals surface area contributed by atoms with Crippen LogP contribution in [-0.4, -0.2) is 30.7 Å². The van der Waals surface area contributed by atoms with Gasteiger partial charge in [0, 0.05) is 6.07 Å². The molecule has 0 aliphatic rings. The summed E-state index contributed by atoms with van der Waals surface area (Å²) in [6, 6.07) is 1.55. The van der Waals surface area contributed by atoms with Crippen LogP contribution in [-0.2, 0) is 0 Å². The monoisotopic (exact) mass is 179 g/mol. The predicted molar refractivity (Wildman–Crippen MR) is 42.2 cm³/mol. The highest BCUT2D eigenvalue weighted by atomic mass is 16.4. The summed E-state index contributed by atoms with van der Waals surface area (Å²) in [7, 11) is 0. The number of carboxylic acids is 1. The van der Waals surface area contributed by atoms with E-state index in [2.05, 4.69) is 15.1 Å². The molecular formula is C6H5N5O2. The third-order valence-corrected chi connectivity index (χ3v) is 1.47. The molecule has 2 heterocycles. The van der Waals surface area contributed by atoms with Crippen molar-refractivity contribution in [3.05, 3.63) is 18.1 Å². The summed E-state index contributed by atoms with van der Waals surface area (Å²) >= 11 is 0. The largest absolute Gasteiger partial charge is 0.475 e. The van der Waals surface area contributed by atoms with Gasteiger partial charge in [0.05, 0.1) is 6.20 Å². The van der Waals surface area contributed by atoms with Crippen LogP contribution in [0.2, 0.25) is 0 Å². The van der Waals surface area contributed by atoms with Crippen molar-refractivity contribution in [2.75, 3.05) is 5.73 Å². The lowest BCUT2D eigenvalue weighted by molar-refractivity contribution is 0.0683. The van der Waals surface area contributed by atoms with Crippen LogP contribution in [0.5, 0.6) is 0 Å². The van der Waals surface area contributed by atoms with E-state index >= 15 is 0 Å². The van der Waals surface area contributed by atoms with Crippen molar-refractivity contribution in [2.45, 2.75) is 0 Å². The van der Waals surface area contributed by atoms with Crippen LogP contribution in [0.15, 0.2) is 12.3 Å². The number of nitrogen functional groups attached to an aromatic ring is 1. The fourth-order valence-corrected chi connectivity index (χ4v) is 0.943. The number of nitrogens with two attached hydrogens (primary N) is 1. The Morgan fingerprint density at radius 1 is 1.54 bits per heavy atom. The zero-order chi connectivity index (χ0) is 9.42. The first kappa shape index (κ1) is 7.47. The second kappa shape index (κ2) is 2.41. The molecule has 13 heavy (non-hydrogen) atoms. The van der Waals surface area contributed by atoms with E-state index in [-0.39, 0.29) is 11.8 Å². The lowest BCUT2D eigenvalue weighted by Gasteiger charge is -1.98. The second-order valence-corrected chi connectivity index (χ2v) is 2.31. The van der Waals surface area contributed by atoms with E-state index in [0.717, 1.165) is 0 Å². The minimum atomic E-state index is -1.21. The molecule has 0 unspecified atom stereocenters. The lowest BCUT2D eigenvalue weighted by atomic mass is 10.6. The maximum absolute atomic E-state index is 10.5. The quantitative estimate of drug-likeness (QED) is 0.605. The third-order valence-electron chi connectivity index (χ3n) is 1.47. The summed E-state index contributed by atoms with van der Waals surface area (Å²) in [5, 5.41) is 12.4. The molecule has 66 valence electrons. The number of nitrogens with zero attached hydrogens (tertiary/aromatic N) is 4. The van der Waals surface area contributed by atoms with Gasteiger partial charge in [-0.05, 0) is 0 Å². The third kappa shape index (κ3) is 1.06. The number of aromatic carboxylic acids is 1. The van der Waals surface area contributed by atoms with E-state index in [4.69, 9.17) is 10.8 Å². The summed E-state index contributed by atoms with van der Waals surface area (Å²) < 4.78 is 1.26. The average molecular weight is 179 g/mol. The molecule has 0 radical (unpaired) electrons. The highest BCUT2D eigenvalue weighted by Gasteiger charge is 2.10. The van der Waals surface area contributed by atoms with Gasteiger partial charge in [-0.2, -0.15) is 14.6 Å². The van der Waals surface area contributed by atoms with Gasteiger partial charge in [0.2, 0.25) is 11.8 Å². The van der Waals surface area contributed by atoms with Crippen molar-refractivity contribution in [2.24, 2.45) is 0 Å². The number of hydrogen-bond donors (Lipinski definition) is 2. The van der Waals surface area contributed by atoms with Crippen LogP contribution in [0.3, 0.4) is 0 Å². The van der Waals surface area contributed by atoms with Crippen LogP contribution < -0.4 is 5.73 Å². The summed E-state index contributed by atoms with van der Waals surface area (Å²) in [6.45, 7) is 0. The van der Waals surface area contributed by atoms with Gasteiger partial charge in [-0.15, -0.1) is 0 Å². The van der Waals surface area contributed by atoms with Crippen LogP contribution in [0.4, 0.5) is 5.95 Å². The molecule has 0 saturated heterocycles. The second-order valence-electron chi connectivity index (χ2n) is 2.31. The Bertz CT molecular complexity index is 477. The maximum Gasteiger partial charge on any atom is 0.374 e. The Morgan fingerprint density at radius 3 is 3.00 bits per heavy atom. The molecule has 2 rings (SSSR count). The van der Waals surface area contributed by atoms with Crippen molar-refractivity contribution >= 4 is 17.6 Å². The summed E-state index contributed by atoms with van der Waals surface area (Å²) in [5.41, 5.74) is 5.79. The van der Waals surface area contributed by atoms with Crippen molar-refractivity contribution < 1.29 is 9.90 Å². The molecule has 0 saturated carbocycles. The summed E-state index contributed by atoms with van der Waals surface area (Å²) in [5.74, 6) is -1.53. The van der Waals surface area contributed by atoms with Gasteiger partial charge in [0.25, 0.3) is 0 Å². The first-order chi connectivity index (χ1) is 6.18. The molecular weight excluding hydrogens is 174 g/mol. The van der Waals surface area contributed by atoms with Crippen molar-refractivity contribution in [1.29, 1.82) is 0 Å². The van der Waals surface area contributed by atoms with Crippen molar-refractivity contribution in [3.8, 4) is 0 Å². The van der Waals surface area contributed by atoms with Crippen LogP contribution >= 0.6 is 0 Å². The zero-order valence-corrected chi connectivity index (χ0v) is 6.38. The first-order valence-corrected chi connectivity index (χ1v) is 3.39. The predicted octanol–water partition coefficient (Wildman–Crippen LogP) is -0.595. The Hall–Kier alpha value is -2.18. The van der Waals surface area contributed by atoms with Gasteiger partial charge in [0.15, 0.2) is 5.65 Å². The SMILES string of the molecule is Nc1nc(C(=O)O)nc2ccnn12. The molecule has 0 aliphatic carbocycles. The minimum Gasteiger partial charge on any atom is -0.475 e. The van der Waals surface area contributed by atoms with Gasteiger partial charge in [-0.3, -0.25) is 0 Å². The number of carbonyl (C=O) groups is 1. The fraction of sp³-hybridized carbons (Fsp3) is 0. The van der Waals surface area contributed by atoms with E-state index in [9.17, 15) is 4.79 Å². The van der Waals surface area contributed by atoms with Gasteiger partial charge in [0.1, 0.15) is 0 Å². The summed E-state index contributed by atoms with van der Waals surface area (Å²) in [4.78, 5) is 17.8. The summed E-state index contributed by atoms with van der Waals surface area (Å²) in [6.07, 6.45) is 1.46. The Labute approximate surface area is 71.8 Å². The highest BCUT2D eigenvalue weighted by Crippen LogP contribution is 2.03. The van der Waals surface area contributed by atoms with Gasteiger partial charge in [-0.1, -0.05) is 0 Å². The number of fused-ring (bicyclic) bond motifs is 1. The molecule has 2 aromatic heterocycles. The molecule has 0 fully saturated rings. The smallest absolute Gasteiger partial charge is 0.374 e. The first-order valence-electron chi connectivity index (χ1n) is 3.39. The molecule has 0 aromatic carbocycles. The fourth-order valence-electron chi connectivity index (χ4n) is 0.943. The topological polar surface area (TPSA) is 106 Å². The molecule has 3 N–H and O–H groups in total. The Balaban J connectivity index is 2.77. The molecule has 0 amide bonds. The number of hydrogen-bond acceptors (Lipinski definition) is 5. The van der Waals surface area contributed by atoms with E-state index in [1.165, 1.54) is 10.7 Å². The highest BCUT2D eigenvalue weighted by molar-refractivity contribution is 5.84. The lowest BCUT2D eigenvalue weighted by Crippen LogP contribution is -2.11. The van der Waals surface area contributed by atoms with Gasteiger partial charge >= 0.3 is 5.97 Å². The number of aromatic nitrogens is 4. The number of carboxylic acid groups (broad SMARTS) is 1. The standard InChI is InChI=1S/C6H5N5O2/c7-6-10-4(5(12)13)9-3-1-2-8-11(3)6/h1-2H,(H,12,13)(H2,7,9,10). The van der Waals surface area contributed by atoms with Gasteiger partial charge < -0.3 is 10.8 Å². The van der Waals surface area contributed by atoms with E-state index < -0.39 is 5.97 Å². The number of rotatable bonds is 1. The van der Waals surface area contributed by atoms with Crippen LogP contribution in [0.25, 0.3) is 5.65 Å². The molecule has 0 aliphatic heterocycles. The minimum absolute atomic E-state index is 0.00685. The maximum atomic E-state index is 10.5. The molecule has 7 nitrogen and oxygen atoms in total. The normalized spacial score (nSPS) is 10.5. The molecule has 0 atom stereocenters. The van der Waals surface area contributed by atoms with E-state index in [1.54, 1.807) is 6.07 Å². The van der Waals surface area contributed by atoms with Crippen LogP contribution in [0, 0.1) is 0 Å². The number of anilines is 1. The van der Waals surface area contributed by atoms with E-state index in [1.807, 2.05) is 0 Å². The van der Waals surface area contributed by atoms with Crippen molar-refractivity contribution in [1.82, 2.24) is 19.6 Å². The molecule has 7 heteroatoms. The molecule has 0 spiro atoms. The Kier molecular flexibility index (Phi) is 1.38. The zero-order valence-electron chi connectivity index (χ0n) is 6.38. The molecule has 2 aromatic rings. The van der Waals surface area contributed by atoms with Crippen LogP contribution in [0.1, 0.15) is 10.6 Å². The van der Waals surface area contributed by atoms with Gasteiger partial charge in [-0.25, -0.2) is 9.78 Å².